The first-order chi connectivity index (χ1) is 9.33. The maximum atomic E-state index is 5.88. The number of hydrogen-bond acceptors (Lipinski definition) is 3. The van der Waals surface area contributed by atoms with Crippen molar-refractivity contribution in [2.24, 2.45) is 0 Å². The third kappa shape index (κ3) is 3.15. The van der Waals surface area contributed by atoms with Gasteiger partial charge in [0.05, 0.1) is 5.69 Å². The van der Waals surface area contributed by atoms with E-state index in [-0.39, 0.29) is 0 Å². The van der Waals surface area contributed by atoms with E-state index < -0.39 is 0 Å². The van der Waals surface area contributed by atoms with E-state index in [0.29, 0.717) is 0 Å². The number of rotatable bonds is 4. The summed E-state index contributed by atoms with van der Waals surface area (Å²) in [6, 6.07) is 8.03. The summed E-state index contributed by atoms with van der Waals surface area (Å²) in [5.74, 6) is 3.04. The predicted molar refractivity (Wildman–Crippen MR) is 79.6 cm³/mol. The Morgan fingerprint density at radius 3 is 2.74 bits per heavy atom. The molecule has 0 saturated carbocycles. The van der Waals surface area contributed by atoms with Crippen molar-refractivity contribution < 1.29 is 4.52 Å². The van der Waals surface area contributed by atoms with E-state index in [1.165, 1.54) is 24.0 Å². The minimum atomic E-state index is 0.791. The lowest BCUT2D eigenvalue weighted by Crippen LogP contribution is -2.01. The predicted octanol–water partition coefficient (Wildman–Crippen LogP) is 4.64. The summed E-state index contributed by atoms with van der Waals surface area (Å²) in [7, 11) is 0. The molecular formula is C15H16ClNOS. The van der Waals surface area contributed by atoms with Crippen LogP contribution in [0.4, 0.5) is 0 Å². The van der Waals surface area contributed by atoms with Gasteiger partial charge < -0.3 is 4.52 Å². The van der Waals surface area contributed by atoms with Gasteiger partial charge in [0.25, 0.3) is 0 Å². The molecule has 0 N–H and O–H groups in total. The molecule has 4 heteroatoms. The molecule has 0 bridgehead atoms. The number of aromatic nitrogens is 1. The minimum absolute atomic E-state index is 0.791. The normalized spacial score (nSPS) is 14.4. The van der Waals surface area contributed by atoms with Gasteiger partial charge in [0.1, 0.15) is 5.76 Å². The van der Waals surface area contributed by atoms with Crippen molar-refractivity contribution in [3.8, 4) is 0 Å². The SMILES string of the molecule is Clc1ccc(CSCc2noc3c2CCCC3)cc1. The van der Waals surface area contributed by atoms with Crippen LogP contribution in [-0.2, 0) is 24.3 Å². The van der Waals surface area contributed by atoms with Crippen molar-refractivity contribution in [3.05, 3.63) is 51.9 Å². The number of thioether (sulfide) groups is 1. The van der Waals surface area contributed by atoms with Crippen molar-refractivity contribution in [1.82, 2.24) is 5.16 Å². The molecule has 1 aromatic heterocycles. The highest BCUT2D eigenvalue weighted by molar-refractivity contribution is 7.97. The highest BCUT2D eigenvalue weighted by Crippen LogP contribution is 2.27. The maximum absolute atomic E-state index is 5.88. The van der Waals surface area contributed by atoms with Crippen LogP contribution >= 0.6 is 23.4 Å². The van der Waals surface area contributed by atoms with Crippen molar-refractivity contribution >= 4 is 23.4 Å². The Bertz CT molecular complexity index is 550. The minimum Gasteiger partial charge on any atom is -0.361 e. The van der Waals surface area contributed by atoms with Crippen LogP contribution in [0.5, 0.6) is 0 Å². The summed E-state index contributed by atoms with van der Waals surface area (Å²) in [5.41, 5.74) is 3.82. The second-order valence-corrected chi connectivity index (χ2v) is 6.28. The Balaban J connectivity index is 1.57. The zero-order valence-electron chi connectivity index (χ0n) is 10.7. The first-order valence-electron chi connectivity index (χ1n) is 6.61. The number of fused-ring (bicyclic) bond motifs is 1. The molecule has 0 unspecified atom stereocenters. The van der Waals surface area contributed by atoms with Crippen molar-refractivity contribution in [2.45, 2.75) is 37.2 Å². The van der Waals surface area contributed by atoms with Gasteiger partial charge in [0.2, 0.25) is 0 Å². The van der Waals surface area contributed by atoms with Crippen LogP contribution in [0.25, 0.3) is 0 Å². The molecule has 100 valence electrons. The van der Waals surface area contributed by atoms with Gasteiger partial charge in [-0.05, 0) is 37.0 Å². The lowest BCUT2D eigenvalue weighted by molar-refractivity contribution is 0.369. The zero-order valence-corrected chi connectivity index (χ0v) is 12.3. The first-order valence-corrected chi connectivity index (χ1v) is 8.14. The number of halogens is 1. The molecule has 0 amide bonds. The van der Waals surface area contributed by atoms with Gasteiger partial charge in [-0.15, -0.1) is 0 Å². The topological polar surface area (TPSA) is 26.0 Å². The fourth-order valence-electron chi connectivity index (χ4n) is 2.41. The number of aryl methyl sites for hydroxylation is 1. The van der Waals surface area contributed by atoms with Crippen LogP contribution < -0.4 is 0 Å². The Kier molecular flexibility index (Phi) is 4.14. The van der Waals surface area contributed by atoms with E-state index >= 15 is 0 Å². The van der Waals surface area contributed by atoms with Crippen molar-refractivity contribution in [1.29, 1.82) is 0 Å². The lowest BCUT2D eigenvalue weighted by atomic mass is 9.97. The Hall–Kier alpha value is -0.930. The molecule has 0 fully saturated rings. The van der Waals surface area contributed by atoms with Gasteiger partial charge >= 0.3 is 0 Å². The van der Waals surface area contributed by atoms with E-state index in [2.05, 4.69) is 17.3 Å². The molecular weight excluding hydrogens is 278 g/mol. The summed E-state index contributed by atoms with van der Waals surface area (Å²) in [5, 5.41) is 5.02. The molecule has 0 saturated heterocycles. The average Bonchev–Trinajstić information content (AvgIpc) is 2.85. The van der Waals surface area contributed by atoms with E-state index in [0.717, 1.165) is 40.8 Å². The van der Waals surface area contributed by atoms with Crippen LogP contribution in [0, 0.1) is 0 Å². The monoisotopic (exact) mass is 293 g/mol. The molecule has 2 nitrogen and oxygen atoms in total. The largest absolute Gasteiger partial charge is 0.361 e. The number of nitrogens with zero attached hydrogens (tertiary/aromatic N) is 1. The fourth-order valence-corrected chi connectivity index (χ4v) is 3.49. The quantitative estimate of drug-likeness (QED) is 0.821. The van der Waals surface area contributed by atoms with Gasteiger partial charge in [-0.3, -0.25) is 0 Å². The molecule has 0 aliphatic heterocycles. The van der Waals surface area contributed by atoms with Crippen molar-refractivity contribution in [3.63, 3.8) is 0 Å². The summed E-state index contributed by atoms with van der Waals surface area (Å²) in [6.45, 7) is 0. The zero-order chi connectivity index (χ0) is 13.1. The smallest absolute Gasteiger partial charge is 0.140 e. The molecule has 0 atom stereocenters. The van der Waals surface area contributed by atoms with Crippen LogP contribution in [0.1, 0.15) is 35.4 Å². The van der Waals surface area contributed by atoms with Crippen LogP contribution in [0.3, 0.4) is 0 Å². The number of benzene rings is 1. The third-order valence-corrected chi connectivity index (χ3v) is 4.72. The van der Waals surface area contributed by atoms with Crippen LogP contribution in [0.15, 0.2) is 28.8 Å². The lowest BCUT2D eigenvalue weighted by Gasteiger charge is -2.09. The summed E-state index contributed by atoms with van der Waals surface area (Å²) in [6.07, 6.45) is 4.70. The van der Waals surface area contributed by atoms with Gasteiger partial charge in [-0.1, -0.05) is 28.9 Å². The molecule has 19 heavy (non-hydrogen) atoms. The van der Waals surface area contributed by atoms with E-state index in [9.17, 15) is 0 Å². The molecule has 0 radical (unpaired) electrons. The highest BCUT2D eigenvalue weighted by Gasteiger charge is 2.18. The van der Waals surface area contributed by atoms with Crippen molar-refractivity contribution in [2.75, 3.05) is 0 Å². The Morgan fingerprint density at radius 2 is 1.89 bits per heavy atom. The molecule has 1 aromatic carbocycles. The third-order valence-electron chi connectivity index (χ3n) is 3.45. The van der Waals surface area contributed by atoms with Gasteiger partial charge in [0, 0.05) is 28.5 Å². The number of hydrogen-bond donors (Lipinski definition) is 0. The second-order valence-electron chi connectivity index (χ2n) is 4.86. The Labute approximate surface area is 122 Å². The molecule has 3 rings (SSSR count). The molecule has 1 heterocycles. The summed E-state index contributed by atoms with van der Waals surface area (Å²) >= 11 is 7.75. The summed E-state index contributed by atoms with van der Waals surface area (Å²) in [4.78, 5) is 0. The van der Waals surface area contributed by atoms with Gasteiger partial charge in [-0.25, -0.2) is 0 Å². The van der Waals surface area contributed by atoms with E-state index in [1.807, 2.05) is 23.9 Å². The highest BCUT2D eigenvalue weighted by atomic mass is 35.5. The van der Waals surface area contributed by atoms with E-state index in [4.69, 9.17) is 16.1 Å². The molecule has 1 aliphatic rings. The van der Waals surface area contributed by atoms with Gasteiger partial charge in [-0.2, -0.15) is 11.8 Å². The van der Waals surface area contributed by atoms with Gasteiger partial charge in [0.15, 0.2) is 0 Å². The molecule has 1 aliphatic carbocycles. The maximum Gasteiger partial charge on any atom is 0.140 e. The first kappa shape index (κ1) is 13.1. The molecule has 2 aromatic rings. The standard InChI is InChI=1S/C15H16ClNOS/c16-12-7-5-11(6-8-12)9-19-10-14-13-3-1-2-4-15(13)18-17-14/h5-8H,1-4,9-10H2. The van der Waals surface area contributed by atoms with Crippen LogP contribution in [0.2, 0.25) is 5.02 Å². The van der Waals surface area contributed by atoms with Crippen LogP contribution in [-0.4, -0.2) is 5.16 Å². The fraction of sp³-hybridized carbons (Fsp3) is 0.400. The van der Waals surface area contributed by atoms with E-state index in [1.54, 1.807) is 0 Å². The Morgan fingerprint density at radius 1 is 1.11 bits per heavy atom. The average molecular weight is 294 g/mol. The summed E-state index contributed by atoms with van der Waals surface area (Å²) < 4.78 is 5.42. The second kappa shape index (κ2) is 6.02. The molecule has 0 spiro atoms.